The van der Waals surface area contributed by atoms with E-state index < -0.39 is 6.36 Å². The summed E-state index contributed by atoms with van der Waals surface area (Å²) in [5, 5.41) is 13.9. The summed E-state index contributed by atoms with van der Waals surface area (Å²) in [6, 6.07) is 13.9. The minimum Gasteiger partial charge on any atom is -0.406 e. The van der Waals surface area contributed by atoms with Gasteiger partial charge in [0, 0.05) is 42.8 Å². The summed E-state index contributed by atoms with van der Waals surface area (Å²) in [5.74, 6) is 0.747. The first-order valence-electron chi connectivity index (χ1n) is 11.8. The van der Waals surface area contributed by atoms with E-state index in [1.54, 1.807) is 23.3 Å². The maximum atomic E-state index is 12.4. The van der Waals surface area contributed by atoms with Crippen molar-refractivity contribution in [2.24, 2.45) is 5.92 Å². The van der Waals surface area contributed by atoms with Crippen molar-refractivity contribution in [3.63, 3.8) is 0 Å². The number of benzene rings is 1. The molecule has 0 N–H and O–H groups in total. The molecule has 1 fully saturated rings. The minimum absolute atomic E-state index is 0.121. The third kappa shape index (κ3) is 5.74. The molecule has 0 radical (unpaired) electrons. The van der Waals surface area contributed by atoms with Gasteiger partial charge in [0.15, 0.2) is 0 Å². The second-order valence-corrected chi connectivity index (χ2v) is 8.95. The molecule has 190 valence electrons. The van der Waals surface area contributed by atoms with Crippen LogP contribution < -0.4 is 9.64 Å². The van der Waals surface area contributed by atoms with Crippen LogP contribution in [0.4, 0.5) is 19.0 Å². The van der Waals surface area contributed by atoms with Crippen LogP contribution in [-0.2, 0) is 6.54 Å². The summed E-state index contributed by atoms with van der Waals surface area (Å²) in [6.07, 6.45) is 2.14. The molecule has 0 atom stereocenters. The molecule has 1 aromatic carbocycles. The highest BCUT2D eigenvalue weighted by atomic mass is 19.4. The molecule has 0 bridgehead atoms. The van der Waals surface area contributed by atoms with Crippen LogP contribution in [-0.4, -0.2) is 43.8 Å². The molecule has 37 heavy (non-hydrogen) atoms. The number of imidazole rings is 1. The number of hydrogen-bond acceptors (Lipinski definition) is 6. The summed E-state index contributed by atoms with van der Waals surface area (Å²) >= 11 is 0. The lowest BCUT2D eigenvalue weighted by Gasteiger charge is -2.30. The van der Waals surface area contributed by atoms with Crippen LogP contribution in [0.1, 0.15) is 24.1 Å². The SMILES string of the molecule is Cc1cc(-c2cn(-c3ccc(OC(F)(F)F)cc3)cn2)nn1Cc1ccnc(N2CCC(C#N)CC2)c1. The fourth-order valence-corrected chi connectivity index (χ4v) is 4.35. The smallest absolute Gasteiger partial charge is 0.406 e. The zero-order valence-electron chi connectivity index (χ0n) is 20.1. The van der Waals surface area contributed by atoms with E-state index in [0.717, 1.165) is 43.0 Å². The Morgan fingerprint density at radius 1 is 1.05 bits per heavy atom. The molecule has 0 aliphatic carbocycles. The fraction of sp³-hybridized carbons (Fsp3) is 0.308. The first-order chi connectivity index (χ1) is 17.8. The van der Waals surface area contributed by atoms with Gasteiger partial charge in [0.05, 0.1) is 18.9 Å². The first-order valence-corrected chi connectivity index (χ1v) is 11.8. The Balaban J connectivity index is 1.28. The number of halogens is 3. The molecule has 11 heteroatoms. The van der Waals surface area contributed by atoms with E-state index >= 15 is 0 Å². The summed E-state index contributed by atoms with van der Waals surface area (Å²) in [5.41, 5.74) is 4.02. The van der Waals surface area contributed by atoms with Crippen LogP contribution >= 0.6 is 0 Å². The second-order valence-electron chi connectivity index (χ2n) is 8.95. The normalized spacial score (nSPS) is 14.5. The number of aromatic nitrogens is 5. The lowest BCUT2D eigenvalue weighted by Crippen LogP contribution is -2.33. The van der Waals surface area contributed by atoms with E-state index in [0.29, 0.717) is 23.6 Å². The third-order valence-corrected chi connectivity index (χ3v) is 6.34. The fourth-order valence-electron chi connectivity index (χ4n) is 4.35. The van der Waals surface area contributed by atoms with Crippen molar-refractivity contribution in [1.82, 2.24) is 24.3 Å². The van der Waals surface area contributed by atoms with Gasteiger partial charge in [-0.05, 0) is 67.8 Å². The molecule has 0 amide bonds. The quantitative estimate of drug-likeness (QED) is 0.360. The lowest BCUT2D eigenvalue weighted by atomic mass is 9.98. The highest BCUT2D eigenvalue weighted by Gasteiger charge is 2.31. The van der Waals surface area contributed by atoms with E-state index in [2.05, 4.69) is 31.7 Å². The van der Waals surface area contributed by atoms with Gasteiger partial charge in [0.2, 0.25) is 0 Å². The molecule has 0 spiro atoms. The van der Waals surface area contributed by atoms with Crippen LogP contribution in [0, 0.1) is 24.2 Å². The van der Waals surface area contributed by atoms with Crippen LogP contribution in [0.2, 0.25) is 0 Å². The Hall–Kier alpha value is -4.33. The monoisotopic (exact) mass is 507 g/mol. The van der Waals surface area contributed by atoms with E-state index in [9.17, 15) is 13.2 Å². The van der Waals surface area contributed by atoms with Crippen LogP contribution in [0.5, 0.6) is 5.75 Å². The number of alkyl halides is 3. The Morgan fingerprint density at radius 3 is 2.51 bits per heavy atom. The van der Waals surface area contributed by atoms with Gasteiger partial charge < -0.3 is 14.2 Å². The third-order valence-electron chi connectivity index (χ3n) is 6.34. The first kappa shape index (κ1) is 24.4. The van der Waals surface area contributed by atoms with Crippen molar-refractivity contribution in [3.05, 3.63) is 72.4 Å². The van der Waals surface area contributed by atoms with Gasteiger partial charge in [-0.25, -0.2) is 9.97 Å². The molecule has 3 aromatic heterocycles. The predicted molar refractivity (Wildman–Crippen MR) is 130 cm³/mol. The maximum absolute atomic E-state index is 12.4. The van der Waals surface area contributed by atoms with E-state index in [4.69, 9.17) is 10.4 Å². The topological polar surface area (TPSA) is 84.8 Å². The Bertz CT molecular complexity index is 1410. The van der Waals surface area contributed by atoms with Gasteiger partial charge in [-0.2, -0.15) is 10.4 Å². The highest BCUT2D eigenvalue weighted by molar-refractivity contribution is 5.55. The van der Waals surface area contributed by atoms with Gasteiger partial charge in [0.1, 0.15) is 23.0 Å². The van der Waals surface area contributed by atoms with Gasteiger partial charge in [-0.1, -0.05) is 0 Å². The number of nitrogens with zero attached hydrogens (tertiary/aromatic N) is 7. The molecule has 1 saturated heterocycles. The van der Waals surface area contributed by atoms with Gasteiger partial charge in [-0.15, -0.1) is 13.2 Å². The number of rotatable bonds is 6. The minimum atomic E-state index is -4.73. The predicted octanol–water partition coefficient (Wildman–Crippen LogP) is 5.13. The molecule has 1 aliphatic rings. The van der Waals surface area contributed by atoms with E-state index in [-0.39, 0.29) is 11.7 Å². The standard InChI is InChI=1S/C26H24F3N7O/c1-18-12-23(24-16-35(17-32-24)21-2-4-22(5-3-21)37-26(27,28)29)33-36(18)15-20-6-9-31-25(13-20)34-10-7-19(14-30)8-11-34/h2-6,9,12-13,16-17,19H,7-8,10-11,15H2,1H3. The molecule has 5 rings (SSSR count). The van der Waals surface area contributed by atoms with Crippen molar-refractivity contribution < 1.29 is 17.9 Å². The molecular formula is C26H24F3N7O. The van der Waals surface area contributed by atoms with Gasteiger partial charge in [-0.3, -0.25) is 4.68 Å². The largest absolute Gasteiger partial charge is 0.573 e. The Labute approximate surface area is 211 Å². The summed E-state index contributed by atoms with van der Waals surface area (Å²) in [7, 11) is 0. The number of piperidine rings is 1. The number of ether oxygens (including phenoxy) is 1. The second kappa shape index (κ2) is 9.97. The number of aryl methyl sites for hydroxylation is 1. The molecule has 1 aliphatic heterocycles. The summed E-state index contributed by atoms with van der Waals surface area (Å²) < 4.78 is 44.7. The zero-order valence-corrected chi connectivity index (χ0v) is 20.1. The average Bonchev–Trinajstić information content (AvgIpc) is 3.51. The maximum Gasteiger partial charge on any atom is 0.573 e. The van der Waals surface area contributed by atoms with Crippen molar-refractivity contribution in [1.29, 1.82) is 5.26 Å². The summed E-state index contributed by atoms with van der Waals surface area (Å²) in [6.45, 7) is 4.18. The number of nitriles is 1. The van der Waals surface area contributed by atoms with Crippen molar-refractivity contribution >= 4 is 5.82 Å². The van der Waals surface area contributed by atoms with Crippen molar-refractivity contribution in [2.75, 3.05) is 18.0 Å². The summed E-state index contributed by atoms with van der Waals surface area (Å²) in [4.78, 5) is 11.2. The number of pyridine rings is 1. The van der Waals surface area contributed by atoms with Crippen LogP contribution in [0.15, 0.2) is 61.2 Å². The molecular weight excluding hydrogens is 483 g/mol. The molecule has 4 heterocycles. The van der Waals surface area contributed by atoms with Gasteiger partial charge in [0.25, 0.3) is 0 Å². The Kier molecular flexibility index (Phi) is 6.56. The van der Waals surface area contributed by atoms with Crippen LogP contribution in [0.25, 0.3) is 17.1 Å². The van der Waals surface area contributed by atoms with Crippen molar-refractivity contribution in [2.45, 2.75) is 32.7 Å². The van der Waals surface area contributed by atoms with E-state index in [1.807, 2.05) is 23.7 Å². The highest BCUT2D eigenvalue weighted by Crippen LogP contribution is 2.26. The molecule has 4 aromatic rings. The number of anilines is 1. The average molecular weight is 508 g/mol. The lowest BCUT2D eigenvalue weighted by molar-refractivity contribution is -0.274. The molecule has 8 nitrogen and oxygen atoms in total. The van der Waals surface area contributed by atoms with Crippen molar-refractivity contribution in [3.8, 4) is 28.9 Å². The molecule has 0 unspecified atom stereocenters. The van der Waals surface area contributed by atoms with E-state index in [1.165, 1.54) is 24.3 Å². The van der Waals surface area contributed by atoms with Crippen LogP contribution in [0.3, 0.4) is 0 Å². The Morgan fingerprint density at radius 2 is 1.81 bits per heavy atom. The molecule has 0 saturated carbocycles. The van der Waals surface area contributed by atoms with Gasteiger partial charge >= 0.3 is 6.36 Å². The number of hydrogen-bond donors (Lipinski definition) is 0. The zero-order chi connectivity index (χ0) is 26.0.